The van der Waals surface area contributed by atoms with Crippen molar-refractivity contribution in [2.45, 2.75) is 51.5 Å². The fourth-order valence-electron chi connectivity index (χ4n) is 3.37. The van der Waals surface area contributed by atoms with Crippen molar-refractivity contribution in [1.82, 2.24) is 14.7 Å². The van der Waals surface area contributed by atoms with Gasteiger partial charge >= 0.3 is 0 Å². The molecule has 1 saturated heterocycles. The number of hydrogen-bond acceptors (Lipinski definition) is 6. The molecule has 1 aromatic heterocycles. The maximum atomic E-state index is 12.6. The van der Waals surface area contributed by atoms with Gasteiger partial charge in [-0.3, -0.25) is 4.79 Å². The molecule has 3 rings (SSSR count). The first-order chi connectivity index (χ1) is 13.2. The molecule has 2 heterocycles. The predicted molar refractivity (Wildman–Crippen MR) is 109 cm³/mol. The molecule has 0 bridgehead atoms. The van der Waals surface area contributed by atoms with Crippen LogP contribution in [-0.2, 0) is 11.2 Å². The van der Waals surface area contributed by atoms with E-state index < -0.39 is 0 Å². The summed E-state index contributed by atoms with van der Waals surface area (Å²) < 4.78 is 9.78. The molecule has 0 radical (unpaired) electrons. The molecule has 1 aliphatic rings. The van der Waals surface area contributed by atoms with Gasteiger partial charge in [0.05, 0.1) is 7.11 Å². The number of aromatic nitrogens is 2. The Morgan fingerprint density at radius 3 is 3.11 bits per heavy atom. The first-order valence-electron chi connectivity index (χ1n) is 9.71. The number of anilines is 1. The van der Waals surface area contributed by atoms with Gasteiger partial charge in [-0.2, -0.15) is 4.37 Å². The lowest BCUT2D eigenvalue weighted by atomic mass is 10.1. The number of methoxy groups -OCH3 is 1. The summed E-state index contributed by atoms with van der Waals surface area (Å²) in [6, 6.07) is 7.83. The van der Waals surface area contributed by atoms with Crippen molar-refractivity contribution in [3.05, 3.63) is 35.7 Å². The molecule has 1 amide bonds. The minimum atomic E-state index is -0.121. The summed E-state index contributed by atoms with van der Waals surface area (Å²) in [7, 11) is 1.67. The first kappa shape index (κ1) is 19.6. The molecular formula is C20H28N4O2S. The number of unbranched alkanes of at least 4 members (excludes halogenated alkanes) is 2. The Balaban J connectivity index is 1.61. The highest BCUT2D eigenvalue weighted by Gasteiger charge is 2.32. The minimum absolute atomic E-state index is 0.119. The second-order valence-corrected chi connectivity index (χ2v) is 7.60. The van der Waals surface area contributed by atoms with Gasteiger partial charge < -0.3 is 15.0 Å². The third-order valence-corrected chi connectivity index (χ3v) is 5.63. The molecule has 0 spiro atoms. The van der Waals surface area contributed by atoms with Crippen molar-refractivity contribution in [1.29, 1.82) is 0 Å². The van der Waals surface area contributed by atoms with Gasteiger partial charge in [0.15, 0.2) is 0 Å². The maximum absolute atomic E-state index is 12.6. The third kappa shape index (κ3) is 5.19. The Bertz CT molecular complexity index is 749. The van der Waals surface area contributed by atoms with Crippen LogP contribution in [0.4, 0.5) is 5.13 Å². The number of benzene rings is 1. The average molecular weight is 389 g/mol. The van der Waals surface area contributed by atoms with Gasteiger partial charge in [-0.05, 0) is 37.0 Å². The summed E-state index contributed by atoms with van der Waals surface area (Å²) in [4.78, 5) is 19.4. The third-order valence-electron chi connectivity index (χ3n) is 4.83. The van der Waals surface area contributed by atoms with E-state index in [0.29, 0.717) is 6.42 Å². The number of ether oxygens (including phenoxy) is 1. The van der Waals surface area contributed by atoms with Crippen molar-refractivity contribution in [2.24, 2.45) is 0 Å². The highest BCUT2D eigenvalue weighted by Crippen LogP contribution is 2.28. The summed E-state index contributed by atoms with van der Waals surface area (Å²) in [5, 5.41) is 3.93. The van der Waals surface area contributed by atoms with E-state index in [-0.39, 0.29) is 11.9 Å². The monoisotopic (exact) mass is 388 g/mol. The van der Waals surface area contributed by atoms with Gasteiger partial charge in [-0.1, -0.05) is 31.9 Å². The van der Waals surface area contributed by atoms with Crippen LogP contribution in [0.15, 0.2) is 24.3 Å². The maximum Gasteiger partial charge on any atom is 0.242 e. The largest absolute Gasteiger partial charge is 0.497 e. The van der Waals surface area contributed by atoms with Crippen LogP contribution in [0.1, 0.15) is 50.4 Å². The summed E-state index contributed by atoms with van der Waals surface area (Å²) in [5.41, 5.74) is 1.12. The Morgan fingerprint density at radius 1 is 1.41 bits per heavy atom. The van der Waals surface area contributed by atoms with Gasteiger partial charge in [0, 0.05) is 31.0 Å². The molecular weight excluding hydrogens is 360 g/mol. The molecule has 0 aliphatic carbocycles. The van der Waals surface area contributed by atoms with Crippen molar-refractivity contribution < 1.29 is 9.53 Å². The molecule has 1 unspecified atom stereocenters. The summed E-state index contributed by atoms with van der Waals surface area (Å²) >= 11 is 1.38. The molecule has 1 aromatic carbocycles. The molecule has 0 saturated carbocycles. The van der Waals surface area contributed by atoms with Crippen LogP contribution in [0.25, 0.3) is 0 Å². The van der Waals surface area contributed by atoms with Gasteiger partial charge in [-0.25, -0.2) is 4.98 Å². The Morgan fingerprint density at radius 2 is 2.30 bits per heavy atom. The first-order valence-corrected chi connectivity index (χ1v) is 10.5. The quantitative estimate of drug-likeness (QED) is 0.667. The number of hydrogen-bond donors (Lipinski definition) is 1. The van der Waals surface area contributed by atoms with Crippen molar-refractivity contribution in [3.8, 4) is 5.75 Å². The molecule has 146 valence electrons. The number of carbonyl (C=O) groups is 1. The predicted octanol–water partition coefficient (Wildman–Crippen LogP) is 3.41. The highest BCUT2D eigenvalue weighted by molar-refractivity contribution is 7.09. The Labute approximate surface area is 165 Å². The van der Waals surface area contributed by atoms with Crippen molar-refractivity contribution >= 4 is 22.6 Å². The lowest BCUT2D eigenvalue weighted by molar-refractivity contribution is -0.122. The van der Waals surface area contributed by atoms with Crippen molar-refractivity contribution in [3.63, 3.8) is 0 Å². The van der Waals surface area contributed by atoms with E-state index in [1.165, 1.54) is 11.5 Å². The zero-order chi connectivity index (χ0) is 19.1. The van der Waals surface area contributed by atoms with E-state index in [4.69, 9.17) is 9.72 Å². The van der Waals surface area contributed by atoms with Crippen LogP contribution in [0, 0.1) is 0 Å². The SMILES string of the molecule is CCCCCNC(=O)C1CCCN1c1nc(Cc2cccc(OC)c2)ns1. The number of carbonyl (C=O) groups excluding carboxylic acids is 1. The lowest BCUT2D eigenvalue weighted by Crippen LogP contribution is -2.43. The summed E-state index contributed by atoms with van der Waals surface area (Å²) in [5.74, 6) is 1.74. The van der Waals surface area contributed by atoms with Crippen LogP contribution in [0.3, 0.4) is 0 Å². The molecule has 6 nitrogen and oxygen atoms in total. The van der Waals surface area contributed by atoms with Crippen molar-refractivity contribution in [2.75, 3.05) is 25.1 Å². The minimum Gasteiger partial charge on any atom is -0.497 e. The molecule has 1 atom stereocenters. The molecule has 27 heavy (non-hydrogen) atoms. The van der Waals surface area contributed by atoms with E-state index in [0.717, 1.165) is 67.5 Å². The average Bonchev–Trinajstić information content (AvgIpc) is 3.34. The van der Waals surface area contributed by atoms with E-state index >= 15 is 0 Å². The molecule has 7 heteroatoms. The molecule has 1 fully saturated rings. The van der Waals surface area contributed by atoms with E-state index in [9.17, 15) is 4.79 Å². The Kier molecular flexibility index (Phi) is 7.04. The number of rotatable bonds is 9. The fraction of sp³-hybridized carbons (Fsp3) is 0.550. The topological polar surface area (TPSA) is 67.4 Å². The smallest absolute Gasteiger partial charge is 0.242 e. The second kappa shape index (κ2) is 9.69. The van der Waals surface area contributed by atoms with E-state index in [1.54, 1.807) is 7.11 Å². The normalized spacial score (nSPS) is 16.5. The van der Waals surface area contributed by atoms with Crippen LogP contribution < -0.4 is 15.0 Å². The Hall–Kier alpha value is -2.15. The summed E-state index contributed by atoms with van der Waals surface area (Å²) in [6.07, 6.45) is 5.90. The second-order valence-electron chi connectivity index (χ2n) is 6.87. The summed E-state index contributed by atoms with van der Waals surface area (Å²) in [6.45, 7) is 3.79. The zero-order valence-electron chi connectivity index (χ0n) is 16.1. The number of amides is 1. The molecule has 1 N–H and O–H groups in total. The van der Waals surface area contributed by atoms with Gasteiger partial charge in [0.25, 0.3) is 0 Å². The van der Waals surface area contributed by atoms with Gasteiger partial charge in [0.2, 0.25) is 11.0 Å². The lowest BCUT2D eigenvalue weighted by Gasteiger charge is -2.22. The van der Waals surface area contributed by atoms with Crippen LogP contribution >= 0.6 is 11.5 Å². The van der Waals surface area contributed by atoms with Crippen LogP contribution in [0.5, 0.6) is 5.75 Å². The molecule has 2 aromatic rings. The number of nitrogens with one attached hydrogen (secondary N) is 1. The van der Waals surface area contributed by atoms with E-state index in [1.807, 2.05) is 24.3 Å². The highest BCUT2D eigenvalue weighted by atomic mass is 32.1. The number of nitrogens with zero attached hydrogens (tertiary/aromatic N) is 3. The van der Waals surface area contributed by atoms with Crippen LogP contribution in [-0.4, -0.2) is 41.5 Å². The standard InChI is InChI=1S/C20H28N4O2S/c1-3-4-5-11-21-19(25)17-10-7-12-24(17)20-22-18(23-27-20)14-15-8-6-9-16(13-15)26-2/h6,8-9,13,17H,3-5,7,10-12,14H2,1-2H3,(H,21,25). The van der Waals surface area contributed by atoms with Gasteiger partial charge in [-0.15, -0.1) is 0 Å². The molecule has 1 aliphatic heterocycles. The zero-order valence-corrected chi connectivity index (χ0v) is 16.9. The van der Waals surface area contributed by atoms with Gasteiger partial charge in [0.1, 0.15) is 17.6 Å². The fourth-order valence-corrected chi connectivity index (χ4v) is 4.13. The van der Waals surface area contributed by atoms with Crippen LogP contribution in [0.2, 0.25) is 0 Å². The van der Waals surface area contributed by atoms with E-state index in [2.05, 4.69) is 21.5 Å².